The summed E-state index contributed by atoms with van der Waals surface area (Å²) < 4.78 is 5.36. The molecule has 23 heavy (non-hydrogen) atoms. The lowest BCUT2D eigenvalue weighted by atomic mass is 9.99. The van der Waals surface area contributed by atoms with Gasteiger partial charge in [-0.15, -0.1) is 0 Å². The summed E-state index contributed by atoms with van der Waals surface area (Å²) in [7, 11) is 0. The van der Waals surface area contributed by atoms with E-state index in [1.54, 1.807) is 38.1 Å². The zero-order chi connectivity index (χ0) is 17.5. The Labute approximate surface area is 135 Å². The highest BCUT2D eigenvalue weighted by Crippen LogP contribution is 2.17. The maximum absolute atomic E-state index is 12.1. The quantitative estimate of drug-likeness (QED) is 0.667. The Kier molecular flexibility index (Phi) is 6.56. The Hall–Kier alpha value is -2.57. The Balaban J connectivity index is 2.66. The molecule has 0 saturated heterocycles. The standard InChI is InChI=1S/C16H22N2O5/c1-4-16(3,15(21)22)18-13(19)10-17-14(20)11-8-6-7-9-12(11)23-5-2/h6-9H,4-5,10H2,1-3H3,(H,17,20)(H,18,19)(H,21,22). The first-order valence-electron chi connectivity index (χ1n) is 7.38. The van der Waals surface area contributed by atoms with Crippen LogP contribution in [0.3, 0.4) is 0 Å². The van der Waals surface area contributed by atoms with Crippen molar-refractivity contribution in [3.05, 3.63) is 29.8 Å². The highest BCUT2D eigenvalue weighted by atomic mass is 16.5. The van der Waals surface area contributed by atoms with E-state index in [-0.39, 0.29) is 13.0 Å². The molecule has 0 fully saturated rings. The van der Waals surface area contributed by atoms with Gasteiger partial charge in [0, 0.05) is 0 Å². The van der Waals surface area contributed by atoms with Gasteiger partial charge in [0.15, 0.2) is 0 Å². The second-order valence-electron chi connectivity index (χ2n) is 5.15. The predicted molar refractivity (Wildman–Crippen MR) is 84.4 cm³/mol. The van der Waals surface area contributed by atoms with Crippen molar-refractivity contribution in [3.63, 3.8) is 0 Å². The summed E-state index contributed by atoms with van der Waals surface area (Å²) in [6, 6.07) is 6.69. The molecule has 0 aromatic heterocycles. The number of benzene rings is 1. The summed E-state index contributed by atoms with van der Waals surface area (Å²) >= 11 is 0. The van der Waals surface area contributed by atoms with Crippen LogP contribution in [0, 0.1) is 0 Å². The van der Waals surface area contributed by atoms with E-state index in [2.05, 4.69) is 10.6 Å². The number of carboxylic acid groups (broad SMARTS) is 1. The van der Waals surface area contributed by atoms with Gasteiger partial charge in [-0.2, -0.15) is 0 Å². The normalized spacial score (nSPS) is 12.8. The van der Waals surface area contributed by atoms with Gasteiger partial charge in [-0.25, -0.2) is 4.79 Å². The lowest BCUT2D eigenvalue weighted by Crippen LogP contribution is -2.54. The number of carbonyl (C=O) groups excluding carboxylic acids is 2. The molecule has 0 aliphatic heterocycles. The van der Waals surface area contributed by atoms with E-state index >= 15 is 0 Å². The number of hydrogen-bond donors (Lipinski definition) is 3. The molecule has 1 aromatic carbocycles. The van der Waals surface area contributed by atoms with E-state index in [9.17, 15) is 14.4 Å². The maximum atomic E-state index is 12.1. The zero-order valence-electron chi connectivity index (χ0n) is 13.5. The third-order valence-electron chi connectivity index (χ3n) is 3.44. The molecule has 0 radical (unpaired) electrons. The van der Waals surface area contributed by atoms with Gasteiger partial charge in [0.1, 0.15) is 11.3 Å². The van der Waals surface area contributed by atoms with Crippen molar-refractivity contribution in [2.24, 2.45) is 0 Å². The fourth-order valence-corrected chi connectivity index (χ4v) is 1.84. The number of aliphatic carboxylic acids is 1. The average molecular weight is 322 g/mol. The molecule has 0 aliphatic carbocycles. The highest BCUT2D eigenvalue weighted by Gasteiger charge is 2.32. The second kappa shape index (κ2) is 8.17. The van der Waals surface area contributed by atoms with Crippen LogP contribution in [0.1, 0.15) is 37.6 Å². The summed E-state index contributed by atoms with van der Waals surface area (Å²) in [6.45, 7) is 4.98. The Morgan fingerprint density at radius 3 is 2.43 bits per heavy atom. The molecule has 2 amide bonds. The van der Waals surface area contributed by atoms with Gasteiger partial charge >= 0.3 is 5.97 Å². The molecule has 7 nitrogen and oxygen atoms in total. The smallest absolute Gasteiger partial charge is 0.329 e. The number of para-hydroxylation sites is 1. The van der Waals surface area contributed by atoms with Crippen molar-refractivity contribution >= 4 is 17.8 Å². The van der Waals surface area contributed by atoms with Crippen LogP contribution >= 0.6 is 0 Å². The molecule has 0 bridgehead atoms. The summed E-state index contributed by atoms with van der Waals surface area (Å²) in [6.07, 6.45) is 0.231. The van der Waals surface area contributed by atoms with Crippen LogP contribution < -0.4 is 15.4 Å². The number of rotatable bonds is 8. The molecule has 1 aromatic rings. The molecule has 0 spiro atoms. The molecule has 0 heterocycles. The Morgan fingerprint density at radius 2 is 1.87 bits per heavy atom. The summed E-state index contributed by atoms with van der Waals surface area (Å²) in [5.41, 5.74) is -1.04. The van der Waals surface area contributed by atoms with E-state index in [0.717, 1.165) is 0 Å². The summed E-state index contributed by atoms with van der Waals surface area (Å²) in [4.78, 5) is 35.1. The number of carbonyl (C=O) groups is 3. The summed E-state index contributed by atoms with van der Waals surface area (Å²) in [5, 5.41) is 14.0. The van der Waals surface area contributed by atoms with E-state index in [1.807, 2.05) is 0 Å². The van der Waals surface area contributed by atoms with E-state index in [4.69, 9.17) is 9.84 Å². The fraction of sp³-hybridized carbons (Fsp3) is 0.438. The van der Waals surface area contributed by atoms with Crippen molar-refractivity contribution in [2.45, 2.75) is 32.7 Å². The molecule has 7 heteroatoms. The molecule has 0 aliphatic rings. The number of carboxylic acids is 1. The minimum Gasteiger partial charge on any atom is -0.493 e. The predicted octanol–water partition coefficient (Wildman–Crippen LogP) is 1.18. The van der Waals surface area contributed by atoms with Crippen LogP contribution in [0.2, 0.25) is 0 Å². The average Bonchev–Trinajstić information content (AvgIpc) is 2.53. The van der Waals surface area contributed by atoms with Crippen molar-refractivity contribution in [2.75, 3.05) is 13.2 Å². The SMILES string of the molecule is CCOc1ccccc1C(=O)NCC(=O)NC(C)(CC)C(=O)O. The maximum Gasteiger partial charge on any atom is 0.329 e. The minimum absolute atomic E-state index is 0.231. The van der Waals surface area contributed by atoms with Crippen LogP contribution in [0.15, 0.2) is 24.3 Å². The minimum atomic E-state index is -1.36. The van der Waals surface area contributed by atoms with Crippen molar-refractivity contribution in [1.29, 1.82) is 0 Å². The van der Waals surface area contributed by atoms with Crippen molar-refractivity contribution in [1.82, 2.24) is 10.6 Å². The Morgan fingerprint density at radius 1 is 1.22 bits per heavy atom. The van der Waals surface area contributed by atoms with Crippen LogP contribution in [-0.2, 0) is 9.59 Å². The number of amides is 2. The van der Waals surface area contributed by atoms with Gasteiger partial charge in [0.2, 0.25) is 5.91 Å². The zero-order valence-corrected chi connectivity index (χ0v) is 13.5. The molecule has 0 saturated carbocycles. The van der Waals surface area contributed by atoms with Gasteiger partial charge in [-0.1, -0.05) is 19.1 Å². The fourth-order valence-electron chi connectivity index (χ4n) is 1.84. The lowest BCUT2D eigenvalue weighted by molar-refractivity contribution is -0.146. The molecule has 1 atom stereocenters. The first kappa shape index (κ1) is 18.5. The number of ether oxygens (including phenoxy) is 1. The molecular formula is C16H22N2O5. The molecule has 1 rings (SSSR count). The largest absolute Gasteiger partial charge is 0.493 e. The third-order valence-corrected chi connectivity index (χ3v) is 3.44. The molecule has 126 valence electrons. The van der Waals surface area contributed by atoms with Crippen molar-refractivity contribution < 1.29 is 24.2 Å². The van der Waals surface area contributed by atoms with E-state index in [1.165, 1.54) is 6.92 Å². The topological polar surface area (TPSA) is 105 Å². The van der Waals surface area contributed by atoms with E-state index < -0.39 is 23.3 Å². The van der Waals surface area contributed by atoms with Crippen LogP contribution in [-0.4, -0.2) is 41.6 Å². The highest BCUT2D eigenvalue weighted by molar-refractivity contribution is 5.99. The Bertz CT molecular complexity index is 588. The van der Waals surface area contributed by atoms with Gasteiger partial charge in [0.05, 0.1) is 18.7 Å². The van der Waals surface area contributed by atoms with Gasteiger partial charge < -0.3 is 20.5 Å². The monoisotopic (exact) mass is 322 g/mol. The van der Waals surface area contributed by atoms with Crippen LogP contribution in [0.25, 0.3) is 0 Å². The van der Waals surface area contributed by atoms with Gasteiger partial charge in [-0.3, -0.25) is 9.59 Å². The summed E-state index contributed by atoms with van der Waals surface area (Å²) in [5.74, 6) is -1.73. The van der Waals surface area contributed by atoms with Crippen LogP contribution in [0.4, 0.5) is 0 Å². The van der Waals surface area contributed by atoms with E-state index in [0.29, 0.717) is 17.9 Å². The van der Waals surface area contributed by atoms with Gasteiger partial charge in [-0.05, 0) is 32.4 Å². The molecule has 3 N–H and O–H groups in total. The van der Waals surface area contributed by atoms with Crippen LogP contribution in [0.5, 0.6) is 5.75 Å². The second-order valence-corrected chi connectivity index (χ2v) is 5.15. The molecule has 1 unspecified atom stereocenters. The lowest BCUT2D eigenvalue weighted by Gasteiger charge is -2.24. The van der Waals surface area contributed by atoms with Crippen molar-refractivity contribution in [3.8, 4) is 5.75 Å². The number of nitrogens with one attached hydrogen (secondary N) is 2. The number of hydrogen-bond acceptors (Lipinski definition) is 4. The first-order chi connectivity index (χ1) is 10.8. The van der Waals surface area contributed by atoms with Gasteiger partial charge in [0.25, 0.3) is 5.91 Å². The first-order valence-corrected chi connectivity index (χ1v) is 7.38. The third kappa shape index (κ3) is 4.98. The molecular weight excluding hydrogens is 300 g/mol.